The minimum absolute atomic E-state index is 0. The second-order valence-electron chi connectivity index (χ2n) is 5.79. The van der Waals surface area contributed by atoms with Crippen LogP contribution in [0.5, 0.6) is 0 Å². The summed E-state index contributed by atoms with van der Waals surface area (Å²) >= 11 is 0. The Hall–Kier alpha value is -0.810. The Kier molecular flexibility index (Phi) is 10.4. The van der Waals surface area contributed by atoms with Crippen LogP contribution in [0.1, 0.15) is 52.4 Å². The lowest BCUT2D eigenvalue weighted by molar-refractivity contribution is -0.139. The molecule has 0 aromatic carbocycles. The summed E-state index contributed by atoms with van der Waals surface area (Å²) in [4.78, 5) is 24.7. The van der Waals surface area contributed by atoms with E-state index in [9.17, 15) is 9.59 Å². The Balaban J connectivity index is 0.00000400. The largest absolute Gasteiger partial charge is 0.480 e. The van der Waals surface area contributed by atoms with Crippen LogP contribution in [0.25, 0.3) is 0 Å². The Morgan fingerprint density at radius 1 is 1.29 bits per heavy atom. The summed E-state index contributed by atoms with van der Waals surface area (Å²) in [6, 6.07) is -0.380. The number of carboxylic acids is 1. The maximum Gasteiger partial charge on any atom is 0.317 e. The van der Waals surface area contributed by atoms with Crippen molar-refractivity contribution in [3.05, 3.63) is 0 Å². The van der Waals surface area contributed by atoms with Crippen molar-refractivity contribution in [3.8, 4) is 0 Å². The number of nitrogens with one attached hydrogen (secondary N) is 1. The van der Waals surface area contributed by atoms with Crippen molar-refractivity contribution < 1.29 is 14.7 Å². The zero-order valence-corrected chi connectivity index (χ0v) is 14.0. The molecule has 0 aromatic rings. The van der Waals surface area contributed by atoms with Gasteiger partial charge in [0.05, 0.1) is 12.6 Å². The molecule has 1 unspecified atom stereocenters. The summed E-state index contributed by atoms with van der Waals surface area (Å²) in [5.41, 5.74) is 0. The summed E-state index contributed by atoms with van der Waals surface area (Å²) in [5.74, 6) is -0.338. The molecule has 1 rings (SSSR count). The topological polar surface area (TPSA) is 69.6 Å². The highest BCUT2D eigenvalue weighted by molar-refractivity contribution is 5.85. The summed E-state index contributed by atoms with van der Waals surface area (Å²) in [6.45, 7) is 5.06. The zero-order chi connectivity index (χ0) is 15.0. The molecule has 0 spiro atoms. The van der Waals surface area contributed by atoms with Gasteiger partial charge in [-0.2, -0.15) is 0 Å². The number of carbonyl (C=O) groups is 2. The fourth-order valence-electron chi connectivity index (χ4n) is 2.82. The number of hydrogen-bond acceptors (Lipinski definition) is 3. The zero-order valence-electron chi connectivity index (χ0n) is 13.1. The second kappa shape index (κ2) is 10.9. The first kappa shape index (κ1) is 20.2. The van der Waals surface area contributed by atoms with E-state index in [2.05, 4.69) is 5.32 Å². The first-order valence-corrected chi connectivity index (χ1v) is 7.78. The van der Waals surface area contributed by atoms with Gasteiger partial charge in [0.25, 0.3) is 0 Å². The molecule has 6 heteroatoms. The van der Waals surface area contributed by atoms with E-state index in [0.29, 0.717) is 12.5 Å². The first-order chi connectivity index (χ1) is 9.54. The van der Waals surface area contributed by atoms with Crippen LogP contribution in [0.4, 0.5) is 0 Å². The third kappa shape index (κ3) is 7.67. The van der Waals surface area contributed by atoms with Crippen molar-refractivity contribution in [2.24, 2.45) is 5.92 Å². The van der Waals surface area contributed by atoms with Crippen molar-refractivity contribution in [2.75, 3.05) is 19.6 Å². The van der Waals surface area contributed by atoms with E-state index in [1.165, 1.54) is 32.1 Å². The average molecular weight is 321 g/mol. The summed E-state index contributed by atoms with van der Waals surface area (Å²) in [5, 5.41) is 11.9. The maximum atomic E-state index is 12.1. The highest BCUT2D eigenvalue weighted by Gasteiger charge is 2.23. The Bertz CT molecular complexity index is 320. The predicted octanol–water partition coefficient (Wildman–Crippen LogP) is 2.29. The first-order valence-electron chi connectivity index (χ1n) is 7.78. The minimum Gasteiger partial charge on any atom is -0.480 e. The Morgan fingerprint density at radius 2 is 1.90 bits per heavy atom. The molecule has 0 heterocycles. The number of amides is 1. The van der Waals surface area contributed by atoms with Gasteiger partial charge < -0.3 is 10.4 Å². The van der Waals surface area contributed by atoms with Gasteiger partial charge in [0.1, 0.15) is 0 Å². The summed E-state index contributed by atoms with van der Waals surface area (Å²) in [6.07, 6.45) is 7.07. The third-order valence-electron chi connectivity index (χ3n) is 4.07. The molecule has 124 valence electrons. The van der Waals surface area contributed by atoms with E-state index in [4.69, 9.17) is 5.11 Å². The minimum atomic E-state index is -0.884. The summed E-state index contributed by atoms with van der Waals surface area (Å²) < 4.78 is 0. The molecule has 0 aliphatic heterocycles. The highest BCUT2D eigenvalue weighted by atomic mass is 35.5. The third-order valence-corrected chi connectivity index (χ3v) is 4.07. The molecule has 0 radical (unpaired) electrons. The lowest BCUT2D eigenvalue weighted by Gasteiger charge is -2.27. The fraction of sp³-hybridized carbons (Fsp3) is 0.867. The van der Waals surface area contributed by atoms with Gasteiger partial charge in [0.2, 0.25) is 5.91 Å². The number of aliphatic carboxylic acids is 1. The van der Waals surface area contributed by atoms with Crippen LogP contribution >= 0.6 is 12.4 Å². The Labute approximate surface area is 133 Å². The van der Waals surface area contributed by atoms with Crippen LogP contribution in [0.15, 0.2) is 0 Å². The van der Waals surface area contributed by atoms with E-state index in [1.54, 1.807) is 11.8 Å². The molecule has 1 atom stereocenters. The monoisotopic (exact) mass is 320 g/mol. The molecule has 21 heavy (non-hydrogen) atoms. The van der Waals surface area contributed by atoms with Gasteiger partial charge in [-0.25, -0.2) is 0 Å². The van der Waals surface area contributed by atoms with Crippen LogP contribution in [-0.4, -0.2) is 47.6 Å². The number of rotatable bonds is 8. The van der Waals surface area contributed by atoms with Crippen LogP contribution in [0.3, 0.4) is 0 Å². The molecule has 1 amide bonds. The van der Waals surface area contributed by atoms with Crippen molar-refractivity contribution in [1.82, 2.24) is 10.2 Å². The molecular weight excluding hydrogens is 292 g/mol. The molecule has 0 aromatic heterocycles. The van der Waals surface area contributed by atoms with Crippen LogP contribution in [0, 0.1) is 5.92 Å². The maximum absolute atomic E-state index is 12.1. The van der Waals surface area contributed by atoms with E-state index in [-0.39, 0.29) is 30.9 Å². The van der Waals surface area contributed by atoms with Gasteiger partial charge in [0.15, 0.2) is 0 Å². The molecule has 0 saturated heterocycles. The lowest BCUT2D eigenvalue weighted by atomic mass is 9.89. The number of carboxylic acid groups (broad SMARTS) is 1. The van der Waals surface area contributed by atoms with E-state index in [0.717, 1.165) is 13.0 Å². The SMILES string of the molecule is CCCN(CC(=O)O)C(C)C(=O)NCC1CCCCC1.Cl. The van der Waals surface area contributed by atoms with Crippen molar-refractivity contribution in [3.63, 3.8) is 0 Å². The molecule has 1 fully saturated rings. The quantitative estimate of drug-likeness (QED) is 0.720. The summed E-state index contributed by atoms with van der Waals surface area (Å²) in [7, 11) is 0. The van der Waals surface area contributed by atoms with Gasteiger partial charge in [-0.1, -0.05) is 26.2 Å². The number of hydrogen-bond donors (Lipinski definition) is 2. The molecular formula is C15H29ClN2O3. The van der Waals surface area contributed by atoms with Gasteiger partial charge in [0, 0.05) is 6.54 Å². The molecule has 1 aliphatic rings. The highest BCUT2D eigenvalue weighted by Crippen LogP contribution is 2.22. The second-order valence-corrected chi connectivity index (χ2v) is 5.79. The molecule has 2 N–H and O–H groups in total. The molecule has 1 saturated carbocycles. The fourth-order valence-corrected chi connectivity index (χ4v) is 2.82. The molecule has 5 nitrogen and oxygen atoms in total. The van der Waals surface area contributed by atoms with Crippen LogP contribution in [0.2, 0.25) is 0 Å². The Morgan fingerprint density at radius 3 is 2.43 bits per heavy atom. The van der Waals surface area contributed by atoms with Gasteiger partial charge in [-0.05, 0) is 38.6 Å². The van der Waals surface area contributed by atoms with E-state index >= 15 is 0 Å². The standard InChI is InChI=1S/C15H28N2O3.ClH/c1-3-9-17(11-14(18)19)12(2)15(20)16-10-13-7-5-4-6-8-13;/h12-13H,3-11H2,1-2H3,(H,16,20)(H,18,19);1H. The van der Waals surface area contributed by atoms with Crippen molar-refractivity contribution in [2.45, 2.75) is 58.4 Å². The van der Waals surface area contributed by atoms with E-state index < -0.39 is 5.97 Å². The van der Waals surface area contributed by atoms with Gasteiger partial charge in [-0.3, -0.25) is 14.5 Å². The number of carbonyl (C=O) groups excluding carboxylic acids is 1. The van der Waals surface area contributed by atoms with E-state index in [1.807, 2.05) is 6.92 Å². The molecule has 0 bridgehead atoms. The smallest absolute Gasteiger partial charge is 0.317 e. The average Bonchev–Trinajstić information content (AvgIpc) is 2.44. The number of halogens is 1. The number of nitrogens with zero attached hydrogens (tertiary/aromatic N) is 1. The predicted molar refractivity (Wildman–Crippen MR) is 85.8 cm³/mol. The van der Waals surface area contributed by atoms with Gasteiger partial charge >= 0.3 is 5.97 Å². The van der Waals surface area contributed by atoms with Crippen LogP contribution in [-0.2, 0) is 9.59 Å². The van der Waals surface area contributed by atoms with Crippen LogP contribution < -0.4 is 5.32 Å². The lowest BCUT2D eigenvalue weighted by Crippen LogP contribution is -2.48. The normalized spacial score (nSPS) is 17.1. The van der Waals surface area contributed by atoms with Crippen molar-refractivity contribution in [1.29, 1.82) is 0 Å². The molecule has 1 aliphatic carbocycles. The van der Waals surface area contributed by atoms with Gasteiger partial charge in [-0.15, -0.1) is 12.4 Å². The van der Waals surface area contributed by atoms with Crippen molar-refractivity contribution >= 4 is 24.3 Å².